The zero-order valence-electron chi connectivity index (χ0n) is 14.1. The van der Waals surface area contributed by atoms with Crippen LogP contribution in [0.4, 0.5) is 4.39 Å². The topological polar surface area (TPSA) is 65.0 Å². The van der Waals surface area contributed by atoms with Crippen LogP contribution >= 0.6 is 0 Å². The third kappa shape index (κ3) is 4.22. The molecule has 5 nitrogen and oxygen atoms in total. The molecule has 0 aromatic heterocycles. The van der Waals surface area contributed by atoms with Crippen molar-refractivity contribution in [1.82, 2.24) is 0 Å². The van der Waals surface area contributed by atoms with E-state index >= 15 is 0 Å². The maximum absolute atomic E-state index is 13.3. The van der Waals surface area contributed by atoms with Gasteiger partial charge in [-0.25, -0.2) is 14.2 Å². The van der Waals surface area contributed by atoms with E-state index in [2.05, 4.69) is 4.99 Å². The van der Waals surface area contributed by atoms with Crippen molar-refractivity contribution < 1.29 is 23.5 Å². The molecule has 0 spiro atoms. The monoisotopic (exact) mass is 353 g/mol. The van der Waals surface area contributed by atoms with Crippen molar-refractivity contribution in [2.24, 2.45) is 4.99 Å². The average molecular weight is 353 g/mol. The molecule has 132 valence electrons. The molecule has 0 saturated carbocycles. The Bertz CT molecular complexity index is 918. The van der Waals surface area contributed by atoms with Crippen molar-refractivity contribution in [3.8, 4) is 5.75 Å². The van der Waals surface area contributed by atoms with Crippen LogP contribution in [0.25, 0.3) is 6.08 Å². The molecule has 0 amide bonds. The summed E-state index contributed by atoms with van der Waals surface area (Å²) in [6.45, 7) is 1.89. The van der Waals surface area contributed by atoms with E-state index in [-0.39, 0.29) is 17.6 Å². The molecule has 0 fully saturated rings. The van der Waals surface area contributed by atoms with Gasteiger partial charge in [-0.15, -0.1) is 0 Å². The number of rotatable bonds is 5. The van der Waals surface area contributed by atoms with Crippen molar-refractivity contribution >= 4 is 23.9 Å². The molecule has 3 rings (SSSR count). The minimum absolute atomic E-state index is 0.0475. The van der Waals surface area contributed by atoms with Crippen molar-refractivity contribution in [3.05, 3.63) is 71.2 Å². The molecule has 0 radical (unpaired) electrons. The summed E-state index contributed by atoms with van der Waals surface area (Å²) >= 11 is 0. The third-order valence-electron chi connectivity index (χ3n) is 3.54. The van der Waals surface area contributed by atoms with Gasteiger partial charge >= 0.3 is 11.9 Å². The van der Waals surface area contributed by atoms with Crippen LogP contribution in [0, 0.1) is 5.82 Å². The molecule has 26 heavy (non-hydrogen) atoms. The molecule has 1 aliphatic heterocycles. The number of esters is 2. The van der Waals surface area contributed by atoms with Crippen LogP contribution in [0.15, 0.2) is 59.2 Å². The number of cyclic esters (lactones) is 1. The largest absolute Gasteiger partial charge is 0.427 e. The smallest absolute Gasteiger partial charge is 0.363 e. The average Bonchev–Trinajstić information content (AvgIpc) is 2.96. The fourth-order valence-electron chi connectivity index (χ4n) is 2.37. The van der Waals surface area contributed by atoms with Crippen LogP contribution in [0.2, 0.25) is 0 Å². The first-order valence-corrected chi connectivity index (χ1v) is 8.14. The Kier molecular flexibility index (Phi) is 5.22. The maximum atomic E-state index is 13.3. The molecule has 1 heterocycles. The first kappa shape index (κ1) is 17.5. The first-order valence-electron chi connectivity index (χ1n) is 8.14. The molecule has 0 unspecified atom stereocenters. The van der Waals surface area contributed by atoms with Crippen molar-refractivity contribution in [2.45, 2.75) is 19.8 Å². The predicted octanol–water partition coefficient (Wildman–Crippen LogP) is 3.88. The number of aliphatic imine (C=N–C) groups is 1. The summed E-state index contributed by atoms with van der Waals surface area (Å²) < 4.78 is 23.6. The van der Waals surface area contributed by atoms with Gasteiger partial charge in [-0.2, -0.15) is 0 Å². The number of halogens is 1. The molecule has 0 N–H and O–H groups in total. The number of carbonyl (C=O) groups excluding carboxylic acids is 2. The number of ether oxygens (including phenoxy) is 2. The molecule has 1 aliphatic rings. The van der Waals surface area contributed by atoms with Crippen LogP contribution in [0.5, 0.6) is 5.75 Å². The number of carbonyl (C=O) groups is 2. The highest BCUT2D eigenvalue weighted by atomic mass is 19.1. The minimum atomic E-state index is -0.627. The summed E-state index contributed by atoms with van der Waals surface area (Å²) in [5.41, 5.74) is 1.09. The van der Waals surface area contributed by atoms with Crippen molar-refractivity contribution in [1.29, 1.82) is 0 Å². The van der Waals surface area contributed by atoms with Crippen LogP contribution in [-0.4, -0.2) is 17.8 Å². The predicted molar refractivity (Wildman–Crippen MR) is 94.0 cm³/mol. The number of benzene rings is 2. The lowest BCUT2D eigenvalue weighted by atomic mass is 10.2. The molecule has 2 aromatic rings. The van der Waals surface area contributed by atoms with Gasteiger partial charge in [-0.1, -0.05) is 25.1 Å². The number of hydrogen-bond donors (Lipinski definition) is 0. The van der Waals surface area contributed by atoms with Gasteiger partial charge in [0.2, 0.25) is 5.90 Å². The molecule has 0 atom stereocenters. The summed E-state index contributed by atoms with van der Waals surface area (Å²) in [6.07, 6.45) is 2.55. The molecular weight excluding hydrogens is 337 g/mol. The van der Waals surface area contributed by atoms with E-state index in [1.807, 2.05) is 6.92 Å². The normalized spacial score (nSPS) is 14.9. The van der Waals surface area contributed by atoms with Gasteiger partial charge in [-0.3, -0.25) is 4.79 Å². The molecular formula is C20H16FNO4. The summed E-state index contributed by atoms with van der Waals surface area (Å²) in [5.74, 6) is -0.952. The number of hydrogen-bond acceptors (Lipinski definition) is 5. The number of nitrogens with zero attached hydrogens (tertiary/aromatic N) is 1. The maximum Gasteiger partial charge on any atom is 0.363 e. The van der Waals surface area contributed by atoms with E-state index in [1.165, 1.54) is 24.3 Å². The summed E-state index contributed by atoms with van der Waals surface area (Å²) in [7, 11) is 0. The highest BCUT2D eigenvalue weighted by molar-refractivity contribution is 6.12. The molecule has 6 heteroatoms. The van der Waals surface area contributed by atoms with Crippen LogP contribution in [-0.2, 0) is 14.3 Å². The van der Waals surface area contributed by atoms with Gasteiger partial charge in [0.25, 0.3) is 0 Å². The quantitative estimate of drug-likeness (QED) is 0.465. The highest BCUT2D eigenvalue weighted by Gasteiger charge is 2.24. The SMILES string of the molecule is CCCC(=O)Oc1cccc(/C=C2\N=C(c3cccc(F)c3)OC2=O)c1. The van der Waals surface area contributed by atoms with Crippen LogP contribution < -0.4 is 4.74 Å². The van der Waals surface area contributed by atoms with Crippen molar-refractivity contribution in [3.63, 3.8) is 0 Å². The lowest BCUT2D eigenvalue weighted by Gasteiger charge is -2.04. The second-order valence-electron chi connectivity index (χ2n) is 5.64. The lowest BCUT2D eigenvalue weighted by molar-refractivity contribution is -0.134. The Labute approximate surface area is 149 Å². The van der Waals surface area contributed by atoms with Crippen LogP contribution in [0.1, 0.15) is 30.9 Å². The second-order valence-corrected chi connectivity index (χ2v) is 5.64. The zero-order valence-corrected chi connectivity index (χ0v) is 14.1. The van der Waals surface area contributed by atoms with Gasteiger partial charge in [0.1, 0.15) is 11.6 Å². The standard InChI is InChI=1S/C20H16FNO4/c1-2-5-18(23)25-16-9-3-6-13(10-16)11-17-20(24)26-19(22-17)14-7-4-8-15(21)12-14/h3-4,6-12H,2,5H2,1H3/b17-11-. The van der Waals surface area contributed by atoms with E-state index in [0.717, 1.165) is 0 Å². The van der Waals surface area contributed by atoms with E-state index < -0.39 is 11.8 Å². The Morgan fingerprint density at radius 3 is 2.81 bits per heavy atom. The van der Waals surface area contributed by atoms with Gasteiger partial charge in [0.05, 0.1) is 0 Å². The summed E-state index contributed by atoms with van der Waals surface area (Å²) in [6, 6.07) is 12.4. The second kappa shape index (κ2) is 7.74. The Hall–Kier alpha value is -3.28. The van der Waals surface area contributed by atoms with E-state index in [0.29, 0.717) is 29.7 Å². The summed E-state index contributed by atoms with van der Waals surface area (Å²) in [5, 5.41) is 0. The van der Waals surface area contributed by atoms with Gasteiger partial charge in [0.15, 0.2) is 5.70 Å². The molecule has 2 aromatic carbocycles. The Morgan fingerprint density at radius 2 is 2.04 bits per heavy atom. The van der Waals surface area contributed by atoms with Gasteiger partial charge < -0.3 is 9.47 Å². The van der Waals surface area contributed by atoms with E-state index in [1.54, 1.807) is 30.3 Å². The molecule has 0 saturated heterocycles. The van der Waals surface area contributed by atoms with Crippen LogP contribution in [0.3, 0.4) is 0 Å². The zero-order chi connectivity index (χ0) is 18.5. The highest BCUT2D eigenvalue weighted by Crippen LogP contribution is 2.22. The van der Waals surface area contributed by atoms with E-state index in [9.17, 15) is 14.0 Å². The van der Waals surface area contributed by atoms with Gasteiger partial charge in [-0.05, 0) is 48.4 Å². The summed E-state index contributed by atoms with van der Waals surface area (Å²) in [4.78, 5) is 27.7. The first-order chi connectivity index (χ1) is 12.5. The van der Waals surface area contributed by atoms with E-state index in [4.69, 9.17) is 9.47 Å². The molecule has 0 aliphatic carbocycles. The Morgan fingerprint density at radius 1 is 1.23 bits per heavy atom. The molecule has 0 bridgehead atoms. The third-order valence-corrected chi connectivity index (χ3v) is 3.54. The fourth-order valence-corrected chi connectivity index (χ4v) is 2.37. The Balaban J connectivity index is 1.83. The van der Waals surface area contributed by atoms with Crippen molar-refractivity contribution in [2.75, 3.05) is 0 Å². The fraction of sp³-hybridized carbons (Fsp3) is 0.150. The minimum Gasteiger partial charge on any atom is -0.427 e. The van der Waals surface area contributed by atoms with Gasteiger partial charge in [0, 0.05) is 12.0 Å². The lowest BCUT2D eigenvalue weighted by Crippen LogP contribution is -2.06.